The molecule has 8 heteroatoms. The zero-order valence-electron chi connectivity index (χ0n) is 13.9. The van der Waals surface area contributed by atoms with Crippen LogP contribution in [0.4, 0.5) is 5.69 Å². The second-order valence-electron chi connectivity index (χ2n) is 5.90. The van der Waals surface area contributed by atoms with Gasteiger partial charge in [-0.25, -0.2) is 0 Å². The number of carbonyl (C=O) groups excluding carboxylic acids is 1. The predicted octanol–water partition coefficient (Wildman–Crippen LogP) is 1.95. The average molecular weight is 353 g/mol. The number of nitrogens with one attached hydrogen (secondary N) is 2. The number of rotatable bonds is 7. The van der Waals surface area contributed by atoms with E-state index in [9.17, 15) is 14.9 Å². The zero-order chi connectivity index (χ0) is 17.5. The van der Waals surface area contributed by atoms with Gasteiger partial charge in [-0.3, -0.25) is 14.9 Å². The molecule has 0 aliphatic carbocycles. The fourth-order valence-corrected chi connectivity index (χ4v) is 3.49. The van der Waals surface area contributed by atoms with Gasteiger partial charge in [0.05, 0.1) is 17.8 Å². The summed E-state index contributed by atoms with van der Waals surface area (Å²) in [6.07, 6.45) is 0.947. The number of nitrogens with zero attached hydrogens (tertiary/aromatic N) is 1. The van der Waals surface area contributed by atoms with Crippen molar-refractivity contribution in [2.24, 2.45) is 5.92 Å². The van der Waals surface area contributed by atoms with Crippen LogP contribution in [0.1, 0.15) is 18.9 Å². The van der Waals surface area contributed by atoms with Crippen LogP contribution in [0.25, 0.3) is 0 Å². The van der Waals surface area contributed by atoms with Gasteiger partial charge in [0.15, 0.2) is 5.75 Å². The summed E-state index contributed by atoms with van der Waals surface area (Å²) in [5, 5.41) is 17.4. The number of thioether (sulfide) groups is 1. The molecule has 0 saturated carbocycles. The predicted molar refractivity (Wildman–Crippen MR) is 94.4 cm³/mol. The van der Waals surface area contributed by atoms with Gasteiger partial charge >= 0.3 is 5.69 Å². The van der Waals surface area contributed by atoms with Crippen LogP contribution in [0.2, 0.25) is 0 Å². The molecule has 2 unspecified atom stereocenters. The Morgan fingerprint density at radius 2 is 2.33 bits per heavy atom. The number of carbonyl (C=O) groups is 1. The molecule has 1 amide bonds. The van der Waals surface area contributed by atoms with Gasteiger partial charge in [-0.2, -0.15) is 0 Å². The lowest BCUT2D eigenvalue weighted by Gasteiger charge is -2.30. The molecule has 2 rings (SSSR count). The Morgan fingerprint density at radius 1 is 1.54 bits per heavy atom. The molecule has 0 aromatic heterocycles. The minimum atomic E-state index is -0.460. The van der Waals surface area contributed by atoms with E-state index in [1.807, 2.05) is 0 Å². The first-order chi connectivity index (χ1) is 11.5. The van der Waals surface area contributed by atoms with Gasteiger partial charge in [0.2, 0.25) is 5.91 Å². The number of amides is 1. The molecule has 1 heterocycles. The molecular formula is C16H23N3O4S. The number of nitro groups is 1. The second-order valence-corrected chi connectivity index (χ2v) is 6.89. The Labute approximate surface area is 145 Å². The van der Waals surface area contributed by atoms with Gasteiger partial charge in [-0.15, -0.1) is 11.8 Å². The minimum Gasteiger partial charge on any atom is -0.490 e. The standard InChI is InChI=1S/C16H23N3O4S/c1-11-8-17-6-5-13(11)18-16(20)10-24-9-12-3-4-15(23-2)14(7-12)19(21)22/h3-4,7,11,13,17H,5-6,8-10H2,1-2H3,(H,18,20). The van der Waals surface area contributed by atoms with Crippen molar-refractivity contribution in [2.45, 2.75) is 25.1 Å². The third-order valence-electron chi connectivity index (χ3n) is 4.07. The van der Waals surface area contributed by atoms with E-state index >= 15 is 0 Å². The molecule has 7 nitrogen and oxygen atoms in total. The van der Waals surface area contributed by atoms with E-state index in [4.69, 9.17) is 4.74 Å². The summed E-state index contributed by atoms with van der Waals surface area (Å²) in [6, 6.07) is 5.09. The number of hydrogen-bond donors (Lipinski definition) is 2. The molecule has 1 aromatic rings. The van der Waals surface area contributed by atoms with E-state index < -0.39 is 4.92 Å². The van der Waals surface area contributed by atoms with Gasteiger partial charge in [0.25, 0.3) is 0 Å². The SMILES string of the molecule is COc1ccc(CSCC(=O)NC2CCNCC2C)cc1[N+](=O)[O-]. The lowest BCUT2D eigenvalue weighted by atomic mass is 9.95. The van der Waals surface area contributed by atoms with E-state index in [-0.39, 0.29) is 23.4 Å². The van der Waals surface area contributed by atoms with Crippen LogP contribution in [0.5, 0.6) is 5.75 Å². The number of methoxy groups -OCH3 is 1. The molecule has 1 aromatic carbocycles. The third kappa shape index (κ3) is 5.10. The Hall–Kier alpha value is -1.80. The lowest BCUT2D eigenvalue weighted by molar-refractivity contribution is -0.385. The van der Waals surface area contributed by atoms with Gasteiger partial charge in [0.1, 0.15) is 0 Å². The van der Waals surface area contributed by atoms with Crippen molar-refractivity contribution >= 4 is 23.4 Å². The Balaban J connectivity index is 1.82. The fraction of sp³-hybridized carbons (Fsp3) is 0.562. The molecule has 2 atom stereocenters. The summed E-state index contributed by atoms with van der Waals surface area (Å²) in [6.45, 7) is 3.98. The van der Waals surface area contributed by atoms with Gasteiger partial charge < -0.3 is 15.4 Å². The summed E-state index contributed by atoms with van der Waals surface area (Å²) in [4.78, 5) is 22.6. The second kappa shape index (κ2) is 8.89. The van der Waals surface area contributed by atoms with E-state index in [1.54, 1.807) is 12.1 Å². The molecule has 132 valence electrons. The first kappa shape index (κ1) is 18.5. The molecule has 1 aliphatic heterocycles. The van der Waals surface area contributed by atoms with Crippen molar-refractivity contribution in [2.75, 3.05) is 26.0 Å². The Morgan fingerprint density at radius 3 is 3.00 bits per heavy atom. The van der Waals surface area contributed by atoms with Crippen molar-refractivity contribution < 1.29 is 14.5 Å². The zero-order valence-corrected chi connectivity index (χ0v) is 14.7. The molecule has 24 heavy (non-hydrogen) atoms. The van der Waals surface area contributed by atoms with E-state index in [2.05, 4.69) is 17.6 Å². The summed E-state index contributed by atoms with van der Waals surface area (Å²) in [5.74, 6) is 1.57. The molecule has 1 aliphatic rings. The van der Waals surface area contributed by atoms with Crippen molar-refractivity contribution in [1.82, 2.24) is 10.6 Å². The molecule has 1 saturated heterocycles. The monoisotopic (exact) mass is 353 g/mol. The molecule has 2 N–H and O–H groups in total. The topological polar surface area (TPSA) is 93.5 Å². The van der Waals surface area contributed by atoms with Gasteiger partial charge in [-0.05, 0) is 37.1 Å². The fourth-order valence-electron chi connectivity index (χ4n) is 2.71. The number of piperidine rings is 1. The maximum atomic E-state index is 12.0. The normalized spacial score (nSPS) is 20.4. The molecule has 0 radical (unpaired) electrons. The highest BCUT2D eigenvalue weighted by Gasteiger charge is 2.22. The first-order valence-electron chi connectivity index (χ1n) is 7.90. The smallest absolute Gasteiger partial charge is 0.311 e. The number of benzene rings is 1. The van der Waals surface area contributed by atoms with Crippen molar-refractivity contribution in [3.05, 3.63) is 33.9 Å². The minimum absolute atomic E-state index is 0.0155. The van der Waals surface area contributed by atoms with Crippen LogP contribution in [-0.2, 0) is 10.5 Å². The highest BCUT2D eigenvalue weighted by atomic mass is 32.2. The van der Waals surface area contributed by atoms with Crippen molar-refractivity contribution in [3.63, 3.8) is 0 Å². The molecule has 0 spiro atoms. The molecular weight excluding hydrogens is 330 g/mol. The number of ether oxygens (including phenoxy) is 1. The number of nitro benzene ring substituents is 1. The summed E-state index contributed by atoms with van der Waals surface area (Å²) < 4.78 is 4.98. The van der Waals surface area contributed by atoms with Crippen molar-refractivity contribution in [1.29, 1.82) is 0 Å². The highest BCUT2D eigenvalue weighted by molar-refractivity contribution is 7.99. The van der Waals surface area contributed by atoms with E-state index in [0.29, 0.717) is 17.4 Å². The Kier molecular flexibility index (Phi) is 6.86. The molecule has 1 fully saturated rings. The summed E-state index contributed by atoms with van der Waals surface area (Å²) >= 11 is 1.45. The van der Waals surface area contributed by atoms with Crippen LogP contribution >= 0.6 is 11.8 Å². The average Bonchev–Trinajstić information content (AvgIpc) is 2.56. The lowest BCUT2D eigenvalue weighted by Crippen LogP contribution is -2.48. The first-order valence-corrected chi connectivity index (χ1v) is 9.06. The van der Waals surface area contributed by atoms with Crippen LogP contribution in [0, 0.1) is 16.0 Å². The van der Waals surface area contributed by atoms with Crippen molar-refractivity contribution in [3.8, 4) is 5.75 Å². The van der Waals surface area contributed by atoms with Crippen LogP contribution < -0.4 is 15.4 Å². The van der Waals surface area contributed by atoms with Crippen LogP contribution in [0.3, 0.4) is 0 Å². The molecule has 0 bridgehead atoms. The quantitative estimate of drug-likeness (QED) is 0.575. The maximum Gasteiger partial charge on any atom is 0.311 e. The Bertz CT molecular complexity index is 597. The third-order valence-corrected chi connectivity index (χ3v) is 5.08. The summed E-state index contributed by atoms with van der Waals surface area (Å²) in [7, 11) is 1.41. The summed E-state index contributed by atoms with van der Waals surface area (Å²) in [5.41, 5.74) is 0.749. The number of hydrogen-bond acceptors (Lipinski definition) is 6. The maximum absolute atomic E-state index is 12.0. The van der Waals surface area contributed by atoms with Crippen LogP contribution in [-0.4, -0.2) is 42.8 Å². The highest BCUT2D eigenvalue weighted by Crippen LogP contribution is 2.28. The largest absolute Gasteiger partial charge is 0.490 e. The van der Waals surface area contributed by atoms with E-state index in [0.717, 1.165) is 25.1 Å². The van der Waals surface area contributed by atoms with Crippen LogP contribution in [0.15, 0.2) is 18.2 Å². The van der Waals surface area contributed by atoms with E-state index in [1.165, 1.54) is 24.9 Å². The van der Waals surface area contributed by atoms with Gasteiger partial charge in [-0.1, -0.05) is 13.0 Å². The van der Waals surface area contributed by atoms with Gasteiger partial charge in [0, 0.05) is 17.9 Å².